The van der Waals surface area contributed by atoms with Crippen molar-refractivity contribution in [3.63, 3.8) is 0 Å². The van der Waals surface area contributed by atoms with Crippen LogP contribution in [0.25, 0.3) is 0 Å². The van der Waals surface area contributed by atoms with Crippen LogP contribution < -0.4 is 10.6 Å². The van der Waals surface area contributed by atoms with Crippen molar-refractivity contribution in [3.8, 4) is 0 Å². The van der Waals surface area contributed by atoms with E-state index in [1.807, 2.05) is 13.0 Å². The molecule has 2 N–H and O–H groups in total. The van der Waals surface area contributed by atoms with Crippen molar-refractivity contribution in [2.45, 2.75) is 20.3 Å². The lowest BCUT2D eigenvalue weighted by atomic mass is 10.3. The van der Waals surface area contributed by atoms with Crippen LogP contribution >= 0.6 is 15.9 Å². The largest absolute Gasteiger partial charge is 0.310 e. The second-order valence-corrected chi connectivity index (χ2v) is 4.40. The summed E-state index contributed by atoms with van der Waals surface area (Å²) in [4.78, 5) is 15.6. The summed E-state index contributed by atoms with van der Waals surface area (Å²) in [5.41, 5.74) is 1.05. The lowest BCUT2D eigenvalue weighted by Gasteiger charge is -2.06. The maximum absolute atomic E-state index is 11.5. The number of hydrogen-bond acceptors (Lipinski definition) is 3. The Morgan fingerprint density at radius 1 is 1.56 bits per heavy atom. The minimum Gasteiger partial charge on any atom is -0.310 e. The number of nitrogens with one attached hydrogen (secondary N) is 2. The molecule has 0 unspecified atom stereocenters. The summed E-state index contributed by atoms with van der Waals surface area (Å²) in [6, 6.07) is 1.84. The Labute approximate surface area is 104 Å². The Bertz CT molecular complexity index is 368. The van der Waals surface area contributed by atoms with Crippen LogP contribution in [-0.2, 0) is 4.79 Å². The summed E-state index contributed by atoms with van der Waals surface area (Å²) in [7, 11) is 0. The normalized spacial score (nSPS) is 10.2. The molecule has 1 heterocycles. The van der Waals surface area contributed by atoms with Gasteiger partial charge in [-0.15, -0.1) is 0 Å². The number of pyridine rings is 1. The van der Waals surface area contributed by atoms with Gasteiger partial charge in [0, 0.05) is 10.7 Å². The number of nitrogens with zero attached hydrogens (tertiary/aromatic N) is 1. The van der Waals surface area contributed by atoms with Crippen LogP contribution in [-0.4, -0.2) is 24.0 Å². The van der Waals surface area contributed by atoms with Gasteiger partial charge in [0.15, 0.2) is 0 Å². The number of amides is 1. The molecule has 1 rings (SSSR count). The molecule has 0 saturated heterocycles. The zero-order valence-electron chi connectivity index (χ0n) is 9.51. The molecule has 0 atom stereocenters. The fourth-order valence-corrected chi connectivity index (χ4v) is 1.39. The number of anilines is 1. The number of aryl methyl sites for hydroxylation is 1. The van der Waals surface area contributed by atoms with Gasteiger partial charge in [-0.3, -0.25) is 4.79 Å². The van der Waals surface area contributed by atoms with E-state index in [0.717, 1.165) is 23.0 Å². The van der Waals surface area contributed by atoms with Gasteiger partial charge in [0.2, 0.25) is 5.91 Å². The topological polar surface area (TPSA) is 54.0 Å². The van der Waals surface area contributed by atoms with Gasteiger partial charge < -0.3 is 10.6 Å². The minimum absolute atomic E-state index is 0.0670. The number of halogens is 1. The predicted octanol–water partition coefficient (Wildman–Crippen LogP) is 2.09. The molecule has 0 aliphatic rings. The highest BCUT2D eigenvalue weighted by molar-refractivity contribution is 9.10. The van der Waals surface area contributed by atoms with E-state index in [1.54, 1.807) is 6.20 Å². The molecule has 5 heteroatoms. The average Bonchev–Trinajstić information content (AvgIpc) is 2.24. The van der Waals surface area contributed by atoms with E-state index in [9.17, 15) is 4.79 Å². The maximum Gasteiger partial charge on any atom is 0.239 e. The Balaban J connectivity index is 2.46. The fraction of sp³-hybridized carbons (Fsp3) is 0.455. The first-order valence-corrected chi connectivity index (χ1v) is 6.05. The monoisotopic (exact) mass is 285 g/mol. The maximum atomic E-state index is 11.5. The number of rotatable bonds is 5. The third-order valence-corrected chi connectivity index (χ3v) is 2.86. The van der Waals surface area contributed by atoms with Gasteiger partial charge in [0.05, 0.1) is 6.54 Å². The van der Waals surface area contributed by atoms with Crippen molar-refractivity contribution in [2.75, 3.05) is 18.4 Å². The van der Waals surface area contributed by atoms with E-state index < -0.39 is 0 Å². The van der Waals surface area contributed by atoms with Crippen LogP contribution in [0.1, 0.15) is 18.9 Å². The van der Waals surface area contributed by atoms with Crippen molar-refractivity contribution >= 4 is 27.7 Å². The summed E-state index contributed by atoms with van der Waals surface area (Å²) < 4.78 is 0.939. The highest BCUT2D eigenvalue weighted by Crippen LogP contribution is 2.16. The second-order valence-electron chi connectivity index (χ2n) is 3.54. The smallest absolute Gasteiger partial charge is 0.239 e. The molecular formula is C11H16BrN3O. The number of hydrogen-bond donors (Lipinski definition) is 2. The summed E-state index contributed by atoms with van der Waals surface area (Å²) in [5.74, 6) is 0.520. The van der Waals surface area contributed by atoms with Gasteiger partial charge in [-0.2, -0.15) is 0 Å². The van der Waals surface area contributed by atoms with E-state index in [-0.39, 0.29) is 5.91 Å². The van der Waals surface area contributed by atoms with E-state index in [0.29, 0.717) is 12.4 Å². The molecule has 1 amide bonds. The van der Waals surface area contributed by atoms with E-state index >= 15 is 0 Å². The van der Waals surface area contributed by atoms with Crippen LogP contribution in [0, 0.1) is 6.92 Å². The molecule has 0 saturated carbocycles. The van der Waals surface area contributed by atoms with Crippen molar-refractivity contribution in [2.24, 2.45) is 0 Å². The van der Waals surface area contributed by atoms with Crippen LogP contribution in [0.4, 0.5) is 5.82 Å². The van der Waals surface area contributed by atoms with E-state index in [4.69, 9.17) is 0 Å². The summed E-state index contributed by atoms with van der Waals surface area (Å²) in [6.45, 7) is 5.19. The summed E-state index contributed by atoms with van der Waals surface area (Å²) in [6.07, 6.45) is 2.70. The molecule has 0 aromatic carbocycles. The highest BCUT2D eigenvalue weighted by Gasteiger charge is 2.03. The van der Waals surface area contributed by atoms with Gasteiger partial charge in [-0.05, 0) is 47.4 Å². The second kappa shape index (κ2) is 6.60. The molecule has 1 aromatic rings. The SMILES string of the molecule is CCCNCC(=O)Nc1cc(C)c(Br)cn1. The molecule has 4 nitrogen and oxygen atoms in total. The van der Waals surface area contributed by atoms with Crippen molar-refractivity contribution in [1.82, 2.24) is 10.3 Å². The first-order chi connectivity index (χ1) is 7.63. The minimum atomic E-state index is -0.0670. The molecule has 0 spiro atoms. The first kappa shape index (κ1) is 13.1. The average molecular weight is 286 g/mol. The Hall–Kier alpha value is -0.940. The van der Waals surface area contributed by atoms with Crippen molar-refractivity contribution in [1.29, 1.82) is 0 Å². The molecule has 0 fully saturated rings. The highest BCUT2D eigenvalue weighted by atomic mass is 79.9. The molecule has 16 heavy (non-hydrogen) atoms. The molecule has 0 bridgehead atoms. The van der Waals surface area contributed by atoms with Crippen LogP contribution in [0.2, 0.25) is 0 Å². The number of carbonyl (C=O) groups excluding carboxylic acids is 1. The van der Waals surface area contributed by atoms with Gasteiger partial charge in [-0.1, -0.05) is 6.92 Å². The third kappa shape index (κ3) is 4.28. The van der Waals surface area contributed by atoms with Crippen LogP contribution in [0.3, 0.4) is 0 Å². The lowest BCUT2D eigenvalue weighted by molar-refractivity contribution is -0.115. The molecule has 0 aliphatic heterocycles. The van der Waals surface area contributed by atoms with Crippen molar-refractivity contribution in [3.05, 3.63) is 22.3 Å². The van der Waals surface area contributed by atoms with Gasteiger partial charge in [-0.25, -0.2) is 4.98 Å². The zero-order chi connectivity index (χ0) is 12.0. The first-order valence-electron chi connectivity index (χ1n) is 5.26. The Morgan fingerprint density at radius 2 is 2.31 bits per heavy atom. The van der Waals surface area contributed by atoms with Crippen LogP contribution in [0.15, 0.2) is 16.7 Å². The Morgan fingerprint density at radius 3 is 2.94 bits per heavy atom. The molecule has 0 aliphatic carbocycles. The fourth-order valence-electron chi connectivity index (χ4n) is 1.17. The van der Waals surface area contributed by atoms with E-state index in [1.165, 1.54) is 0 Å². The van der Waals surface area contributed by atoms with Gasteiger partial charge in [0.25, 0.3) is 0 Å². The van der Waals surface area contributed by atoms with E-state index in [2.05, 4.69) is 38.5 Å². The summed E-state index contributed by atoms with van der Waals surface area (Å²) >= 11 is 3.36. The number of aromatic nitrogens is 1. The molecule has 1 aromatic heterocycles. The van der Waals surface area contributed by atoms with Gasteiger partial charge >= 0.3 is 0 Å². The standard InChI is InChI=1S/C11H16BrN3O/c1-3-4-13-7-11(16)15-10-5-8(2)9(12)6-14-10/h5-6,13H,3-4,7H2,1-2H3,(H,14,15,16). The summed E-state index contributed by atoms with van der Waals surface area (Å²) in [5, 5.41) is 5.77. The predicted molar refractivity (Wildman–Crippen MR) is 68.5 cm³/mol. The quantitative estimate of drug-likeness (QED) is 0.815. The number of carbonyl (C=O) groups is 1. The molecule has 0 radical (unpaired) electrons. The lowest BCUT2D eigenvalue weighted by Crippen LogP contribution is -2.28. The van der Waals surface area contributed by atoms with Crippen LogP contribution in [0.5, 0.6) is 0 Å². The molecule has 88 valence electrons. The molecular weight excluding hydrogens is 270 g/mol. The Kier molecular flexibility index (Phi) is 5.42. The zero-order valence-corrected chi connectivity index (χ0v) is 11.1. The van der Waals surface area contributed by atoms with Gasteiger partial charge in [0.1, 0.15) is 5.82 Å². The van der Waals surface area contributed by atoms with Crippen molar-refractivity contribution < 1.29 is 4.79 Å². The third-order valence-electron chi connectivity index (χ3n) is 2.03.